The highest BCUT2D eigenvalue weighted by Crippen LogP contribution is 2.27. The molecule has 2 aromatic carbocycles. The first kappa shape index (κ1) is 21.6. The van der Waals surface area contributed by atoms with E-state index in [-0.39, 0.29) is 11.9 Å². The maximum absolute atomic E-state index is 12.6. The molecule has 0 radical (unpaired) electrons. The predicted octanol–water partition coefficient (Wildman–Crippen LogP) is 4.20. The topological polar surface area (TPSA) is 58.6 Å². The van der Waals surface area contributed by atoms with E-state index in [1.54, 1.807) is 0 Å². The maximum Gasteiger partial charge on any atom is 0.306 e. The first-order valence-corrected chi connectivity index (χ1v) is 9.73. The van der Waals surface area contributed by atoms with Gasteiger partial charge >= 0.3 is 5.97 Å². The molecule has 1 amide bonds. The van der Waals surface area contributed by atoms with Gasteiger partial charge in [-0.15, -0.1) is 0 Å². The van der Waals surface area contributed by atoms with Crippen LogP contribution in [0.3, 0.4) is 0 Å². The summed E-state index contributed by atoms with van der Waals surface area (Å²) in [6.45, 7) is 6.29. The lowest BCUT2D eigenvalue weighted by Crippen LogP contribution is -2.33. The molecule has 0 bridgehead atoms. The van der Waals surface area contributed by atoms with Gasteiger partial charge in [-0.1, -0.05) is 62.4 Å². The molecule has 0 aliphatic carbocycles. The summed E-state index contributed by atoms with van der Waals surface area (Å²) in [6, 6.07) is 17.8. The summed E-state index contributed by atoms with van der Waals surface area (Å²) >= 11 is 0. The number of anilines is 1. The van der Waals surface area contributed by atoms with Crippen LogP contribution in [0.1, 0.15) is 26.7 Å². The van der Waals surface area contributed by atoms with Crippen LogP contribution in [-0.4, -0.2) is 43.5 Å². The Labute approximate surface area is 167 Å². The monoisotopic (exact) mass is 382 g/mol. The zero-order valence-electron chi connectivity index (χ0n) is 17.0. The van der Waals surface area contributed by atoms with Crippen molar-refractivity contribution < 1.29 is 14.3 Å². The Hall–Kier alpha value is -2.66. The van der Waals surface area contributed by atoms with E-state index in [4.69, 9.17) is 4.74 Å². The standard InChI is InChI=1S/C23H30N2O3/c1-18(2)17-25(16-14-23(27)28-3)15-13-22(26)24-21-12-8-7-11-20(21)19-9-5-4-6-10-19/h4-12,18H,13-17H2,1-3H3,(H,24,26). The lowest BCUT2D eigenvalue weighted by Gasteiger charge is -2.23. The Morgan fingerprint density at radius 1 is 0.964 bits per heavy atom. The Kier molecular flexibility index (Phi) is 8.69. The van der Waals surface area contributed by atoms with Crippen molar-refractivity contribution in [2.24, 2.45) is 5.92 Å². The number of carbonyl (C=O) groups is 2. The lowest BCUT2D eigenvalue weighted by atomic mass is 10.0. The minimum absolute atomic E-state index is 0.0322. The zero-order chi connectivity index (χ0) is 20.4. The molecular weight excluding hydrogens is 352 g/mol. The molecule has 5 heteroatoms. The number of carbonyl (C=O) groups excluding carboxylic acids is 2. The molecular formula is C23H30N2O3. The summed E-state index contributed by atoms with van der Waals surface area (Å²) in [5, 5.41) is 3.04. The molecule has 0 spiro atoms. The number of hydrogen-bond donors (Lipinski definition) is 1. The van der Waals surface area contributed by atoms with Gasteiger partial charge in [0.15, 0.2) is 0 Å². The molecule has 0 saturated heterocycles. The van der Waals surface area contributed by atoms with Crippen LogP contribution < -0.4 is 5.32 Å². The minimum Gasteiger partial charge on any atom is -0.469 e. The maximum atomic E-state index is 12.6. The number of rotatable bonds is 10. The molecule has 0 aromatic heterocycles. The molecule has 5 nitrogen and oxygen atoms in total. The molecule has 0 aliphatic rings. The highest BCUT2D eigenvalue weighted by molar-refractivity contribution is 5.95. The van der Waals surface area contributed by atoms with Crippen LogP contribution in [0.15, 0.2) is 54.6 Å². The van der Waals surface area contributed by atoms with E-state index in [9.17, 15) is 9.59 Å². The molecule has 0 atom stereocenters. The van der Waals surface area contributed by atoms with Gasteiger partial charge in [-0.2, -0.15) is 0 Å². The minimum atomic E-state index is -0.227. The smallest absolute Gasteiger partial charge is 0.306 e. The van der Waals surface area contributed by atoms with Gasteiger partial charge in [0.1, 0.15) is 0 Å². The normalized spacial score (nSPS) is 10.9. The molecule has 0 fully saturated rings. The Morgan fingerprint density at radius 3 is 2.29 bits per heavy atom. The number of benzene rings is 2. The molecule has 0 saturated carbocycles. The molecule has 0 unspecified atom stereocenters. The van der Waals surface area contributed by atoms with Crippen molar-refractivity contribution >= 4 is 17.6 Å². The van der Waals surface area contributed by atoms with Gasteiger partial charge < -0.3 is 15.0 Å². The van der Waals surface area contributed by atoms with Gasteiger partial charge in [0.25, 0.3) is 0 Å². The van der Waals surface area contributed by atoms with E-state index >= 15 is 0 Å². The van der Waals surface area contributed by atoms with E-state index in [0.29, 0.717) is 31.8 Å². The fourth-order valence-corrected chi connectivity index (χ4v) is 3.10. The van der Waals surface area contributed by atoms with Crippen LogP contribution in [0, 0.1) is 5.92 Å². The highest BCUT2D eigenvalue weighted by Gasteiger charge is 2.13. The molecule has 0 aliphatic heterocycles. The van der Waals surface area contributed by atoms with Crippen molar-refractivity contribution in [3.63, 3.8) is 0 Å². The summed E-state index contributed by atoms with van der Waals surface area (Å²) in [4.78, 5) is 26.1. The molecule has 1 N–H and O–H groups in total. The van der Waals surface area contributed by atoms with Crippen LogP contribution in [-0.2, 0) is 14.3 Å². The second-order valence-corrected chi connectivity index (χ2v) is 7.23. The fourth-order valence-electron chi connectivity index (χ4n) is 3.10. The second kappa shape index (κ2) is 11.2. The van der Waals surface area contributed by atoms with Crippen molar-refractivity contribution in [2.45, 2.75) is 26.7 Å². The van der Waals surface area contributed by atoms with Gasteiger partial charge in [-0.3, -0.25) is 9.59 Å². The summed E-state index contributed by atoms with van der Waals surface area (Å²) in [5.41, 5.74) is 2.88. The number of para-hydroxylation sites is 1. The van der Waals surface area contributed by atoms with Crippen molar-refractivity contribution in [2.75, 3.05) is 32.1 Å². The largest absolute Gasteiger partial charge is 0.469 e. The first-order valence-electron chi connectivity index (χ1n) is 9.73. The molecule has 0 heterocycles. The van der Waals surface area contributed by atoms with Gasteiger partial charge in [-0.25, -0.2) is 0 Å². The van der Waals surface area contributed by atoms with E-state index in [0.717, 1.165) is 23.4 Å². The van der Waals surface area contributed by atoms with Crippen molar-refractivity contribution in [1.29, 1.82) is 0 Å². The highest BCUT2D eigenvalue weighted by atomic mass is 16.5. The average Bonchev–Trinajstić information content (AvgIpc) is 2.70. The van der Waals surface area contributed by atoms with Gasteiger partial charge in [0.05, 0.1) is 13.5 Å². The predicted molar refractivity (Wildman–Crippen MR) is 113 cm³/mol. The van der Waals surface area contributed by atoms with Crippen molar-refractivity contribution in [3.05, 3.63) is 54.6 Å². The number of hydrogen-bond acceptors (Lipinski definition) is 4. The van der Waals surface area contributed by atoms with Crippen LogP contribution in [0.4, 0.5) is 5.69 Å². The third-order valence-electron chi connectivity index (χ3n) is 4.42. The molecule has 2 rings (SSSR count). The number of nitrogens with one attached hydrogen (secondary N) is 1. The van der Waals surface area contributed by atoms with Crippen LogP contribution >= 0.6 is 0 Å². The third kappa shape index (κ3) is 7.16. The second-order valence-electron chi connectivity index (χ2n) is 7.23. The van der Waals surface area contributed by atoms with Crippen LogP contribution in [0.2, 0.25) is 0 Å². The summed E-state index contributed by atoms with van der Waals surface area (Å²) < 4.78 is 4.72. The fraction of sp³-hybridized carbons (Fsp3) is 0.391. The first-order chi connectivity index (χ1) is 13.5. The van der Waals surface area contributed by atoms with Gasteiger partial charge in [0.2, 0.25) is 5.91 Å². The number of esters is 1. The van der Waals surface area contributed by atoms with E-state index in [1.165, 1.54) is 7.11 Å². The van der Waals surface area contributed by atoms with E-state index < -0.39 is 0 Å². The molecule has 28 heavy (non-hydrogen) atoms. The van der Waals surface area contributed by atoms with Crippen molar-refractivity contribution in [3.8, 4) is 11.1 Å². The SMILES string of the molecule is COC(=O)CCN(CCC(=O)Nc1ccccc1-c1ccccc1)CC(C)C. The summed E-state index contributed by atoms with van der Waals surface area (Å²) in [7, 11) is 1.40. The summed E-state index contributed by atoms with van der Waals surface area (Å²) in [6.07, 6.45) is 0.707. The Morgan fingerprint density at radius 2 is 1.61 bits per heavy atom. The molecule has 2 aromatic rings. The lowest BCUT2D eigenvalue weighted by molar-refractivity contribution is -0.141. The summed E-state index contributed by atoms with van der Waals surface area (Å²) in [5.74, 6) is 0.199. The third-order valence-corrected chi connectivity index (χ3v) is 4.42. The Balaban J connectivity index is 1.96. The van der Waals surface area contributed by atoms with Crippen molar-refractivity contribution in [1.82, 2.24) is 4.90 Å². The average molecular weight is 383 g/mol. The zero-order valence-corrected chi connectivity index (χ0v) is 17.0. The number of ether oxygens (including phenoxy) is 1. The number of nitrogens with zero attached hydrogens (tertiary/aromatic N) is 1. The number of methoxy groups -OCH3 is 1. The molecule has 150 valence electrons. The van der Waals surface area contributed by atoms with E-state index in [1.807, 2.05) is 54.6 Å². The van der Waals surface area contributed by atoms with Crippen LogP contribution in [0.25, 0.3) is 11.1 Å². The number of amides is 1. The quantitative estimate of drug-likeness (QED) is 0.626. The van der Waals surface area contributed by atoms with Crippen LogP contribution in [0.5, 0.6) is 0 Å². The van der Waals surface area contributed by atoms with Gasteiger partial charge in [-0.05, 0) is 17.5 Å². The van der Waals surface area contributed by atoms with E-state index in [2.05, 4.69) is 24.1 Å². The van der Waals surface area contributed by atoms with Gasteiger partial charge in [0, 0.05) is 37.3 Å². The Bertz CT molecular complexity index is 759.